The minimum Gasteiger partial charge on any atom is -0.351 e. The lowest BCUT2D eigenvalue weighted by atomic mass is 10.2. The number of aliphatic imine (C=N–C) groups is 1. The van der Waals surface area contributed by atoms with Crippen molar-refractivity contribution in [2.75, 3.05) is 12.3 Å². The molecule has 0 unspecified atom stereocenters. The van der Waals surface area contributed by atoms with Crippen molar-refractivity contribution in [3.63, 3.8) is 0 Å². The summed E-state index contributed by atoms with van der Waals surface area (Å²) in [6, 6.07) is 17.3. The number of amidine groups is 1. The number of halogens is 1. The maximum Gasteiger partial charge on any atom is 0.278 e. The van der Waals surface area contributed by atoms with E-state index < -0.39 is 0 Å². The van der Waals surface area contributed by atoms with Gasteiger partial charge in [0, 0.05) is 17.6 Å². The van der Waals surface area contributed by atoms with Gasteiger partial charge in [-0.15, -0.1) is 6.58 Å². The molecule has 0 saturated carbocycles. The van der Waals surface area contributed by atoms with E-state index in [9.17, 15) is 9.59 Å². The highest BCUT2D eigenvalue weighted by Gasteiger charge is 2.30. The van der Waals surface area contributed by atoms with Crippen LogP contribution in [0.5, 0.6) is 0 Å². The summed E-state index contributed by atoms with van der Waals surface area (Å²) in [7, 11) is 0. The highest BCUT2D eigenvalue weighted by atomic mass is 79.9. The average molecular weight is 470 g/mol. The van der Waals surface area contributed by atoms with E-state index in [4.69, 9.17) is 0 Å². The Morgan fingerprint density at radius 1 is 1.17 bits per heavy atom. The second kappa shape index (κ2) is 10.2. The minimum atomic E-state index is -0.194. The molecule has 0 aromatic heterocycles. The Morgan fingerprint density at radius 2 is 1.90 bits per heavy atom. The summed E-state index contributed by atoms with van der Waals surface area (Å²) in [6.45, 7) is 4.52. The first kappa shape index (κ1) is 21.1. The molecule has 5 nitrogen and oxygen atoms in total. The van der Waals surface area contributed by atoms with Crippen molar-refractivity contribution in [3.8, 4) is 0 Å². The molecule has 1 aliphatic rings. The predicted octanol–water partition coefficient (Wildman–Crippen LogP) is 4.22. The SMILES string of the molecule is C=CCN1C(=O)/C(=C/c2ccc(Br)cc2)N=C1SCC(=O)NCc1ccccc1. The van der Waals surface area contributed by atoms with Crippen LogP contribution in [0.3, 0.4) is 0 Å². The van der Waals surface area contributed by atoms with Crippen LogP contribution >= 0.6 is 27.7 Å². The molecule has 0 fully saturated rings. The molecule has 1 N–H and O–H groups in total. The Bertz CT molecular complexity index is 956. The van der Waals surface area contributed by atoms with Crippen molar-refractivity contribution in [1.82, 2.24) is 10.2 Å². The van der Waals surface area contributed by atoms with Crippen LogP contribution in [0.2, 0.25) is 0 Å². The largest absolute Gasteiger partial charge is 0.351 e. The van der Waals surface area contributed by atoms with Gasteiger partial charge in [0.1, 0.15) is 5.70 Å². The smallest absolute Gasteiger partial charge is 0.278 e. The van der Waals surface area contributed by atoms with E-state index in [-0.39, 0.29) is 17.6 Å². The lowest BCUT2D eigenvalue weighted by molar-refractivity contribution is -0.122. The van der Waals surface area contributed by atoms with Crippen molar-refractivity contribution in [2.45, 2.75) is 6.54 Å². The van der Waals surface area contributed by atoms with Gasteiger partial charge in [0.2, 0.25) is 5.91 Å². The summed E-state index contributed by atoms with van der Waals surface area (Å²) in [6.07, 6.45) is 3.39. The zero-order valence-electron chi connectivity index (χ0n) is 15.7. The fourth-order valence-electron chi connectivity index (χ4n) is 2.63. The zero-order valence-corrected chi connectivity index (χ0v) is 18.1. The molecule has 0 atom stereocenters. The Kier molecular flexibility index (Phi) is 7.43. The van der Waals surface area contributed by atoms with Crippen molar-refractivity contribution in [3.05, 3.63) is 88.5 Å². The third kappa shape index (κ3) is 5.92. The summed E-state index contributed by atoms with van der Waals surface area (Å²) in [4.78, 5) is 30.9. The minimum absolute atomic E-state index is 0.113. The normalized spacial score (nSPS) is 14.8. The first-order valence-electron chi connectivity index (χ1n) is 8.99. The van der Waals surface area contributed by atoms with Gasteiger partial charge in [-0.1, -0.05) is 76.2 Å². The fourth-order valence-corrected chi connectivity index (χ4v) is 3.73. The second-order valence-corrected chi connectivity index (χ2v) is 8.09. The van der Waals surface area contributed by atoms with E-state index in [1.54, 1.807) is 12.2 Å². The third-order valence-electron chi connectivity index (χ3n) is 4.06. The first-order valence-corrected chi connectivity index (χ1v) is 10.8. The number of amides is 2. The van der Waals surface area contributed by atoms with Crippen molar-refractivity contribution >= 4 is 50.7 Å². The summed E-state index contributed by atoms with van der Waals surface area (Å²) in [5.41, 5.74) is 2.26. The second-order valence-electron chi connectivity index (χ2n) is 6.23. The number of benzene rings is 2. The standard InChI is InChI=1S/C22H20BrN3O2S/c1-2-12-26-21(28)19(13-16-8-10-18(23)11-9-16)25-22(26)29-15-20(27)24-14-17-6-4-3-5-7-17/h2-11,13H,1,12,14-15H2,(H,24,27)/b19-13-. The van der Waals surface area contributed by atoms with Crippen molar-refractivity contribution < 1.29 is 9.59 Å². The molecule has 0 bridgehead atoms. The maximum absolute atomic E-state index is 12.7. The number of nitrogens with one attached hydrogen (secondary N) is 1. The van der Waals surface area contributed by atoms with Crippen LogP contribution in [-0.4, -0.2) is 34.2 Å². The number of carbonyl (C=O) groups is 2. The monoisotopic (exact) mass is 469 g/mol. The quantitative estimate of drug-likeness (QED) is 0.487. The van der Waals surface area contributed by atoms with E-state index in [2.05, 4.69) is 32.8 Å². The molecular formula is C22H20BrN3O2S. The van der Waals surface area contributed by atoms with Gasteiger partial charge in [-0.05, 0) is 29.3 Å². The van der Waals surface area contributed by atoms with Gasteiger partial charge < -0.3 is 5.32 Å². The molecular weight excluding hydrogens is 450 g/mol. The van der Waals surface area contributed by atoms with E-state index in [1.807, 2.05) is 54.6 Å². The van der Waals surface area contributed by atoms with E-state index >= 15 is 0 Å². The molecule has 7 heteroatoms. The molecule has 0 spiro atoms. The van der Waals surface area contributed by atoms with Crippen LogP contribution in [-0.2, 0) is 16.1 Å². The number of nitrogens with zero attached hydrogens (tertiary/aromatic N) is 2. The van der Waals surface area contributed by atoms with Gasteiger partial charge in [0.15, 0.2) is 5.17 Å². The molecule has 29 heavy (non-hydrogen) atoms. The predicted molar refractivity (Wildman–Crippen MR) is 122 cm³/mol. The molecule has 148 valence electrons. The topological polar surface area (TPSA) is 61.8 Å². The number of thioether (sulfide) groups is 1. The highest BCUT2D eigenvalue weighted by molar-refractivity contribution is 9.10. The van der Waals surface area contributed by atoms with Crippen LogP contribution < -0.4 is 5.32 Å². The molecule has 2 aromatic carbocycles. The van der Waals surface area contributed by atoms with Gasteiger partial charge in [-0.25, -0.2) is 4.99 Å². The van der Waals surface area contributed by atoms with Gasteiger partial charge in [-0.2, -0.15) is 0 Å². The van der Waals surface area contributed by atoms with E-state index in [0.29, 0.717) is 24.0 Å². The van der Waals surface area contributed by atoms with Crippen LogP contribution in [0.1, 0.15) is 11.1 Å². The molecule has 2 amide bonds. The van der Waals surface area contributed by atoms with Gasteiger partial charge in [0.05, 0.1) is 5.75 Å². The van der Waals surface area contributed by atoms with E-state index in [1.165, 1.54) is 16.7 Å². The summed E-state index contributed by atoms with van der Waals surface area (Å²) in [5.74, 6) is -0.129. The number of carbonyl (C=O) groups excluding carboxylic acids is 2. The Morgan fingerprint density at radius 3 is 2.59 bits per heavy atom. The Labute approximate surface area is 182 Å². The summed E-state index contributed by atoms with van der Waals surface area (Å²) >= 11 is 4.64. The lowest BCUT2D eigenvalue weighted by Gasteiger charge is -2.15. The first-order chi connectivity index (χ1) is 14.1. The third-order valence-corrected chi connectivity index (χ3v) is 5.57. The Balaban J connectivity index is 1.65. The number of rotatable bonds is 7. The fraction of sp³-hybridized carbons (Fsp3) is 0.136. The molecule has 3 rings (SSSR count). The van der Waals surface area contributed by atoms with Crippen LogP contribution in [0, 0.1) is 0 Å². The van der Waals surface area contributed by atoms with Crippen LogP contribution in [0.25, 0.3) is 6.08 Å². The average Bonchev–Trinajstić information content (AvgIpc) is 3.02. The van der Waals surface area contributed by atoms with E-state index in [0.717, 1.165) is 15.6 Å². The van der Waals surface area contributed by atoms with Crippen molar-refractivity contribution in [1.29, 1.82) is 0 Å². The summed E-state index contributed by atoms with van der Waals surface area (Å²) < 4.78 is 0.965. The lowest BCUT2D eigenvalue weighted by Crippen LogP contribution is -2.32. The molecule has 1 heterocycles. The van der Waals surface area contributed by atoms with Crippen LogP contribution in [0.15, 0.2) is 82.4 Å². The molecule has 1 aliphatic heterocycles. The summed E-state index contributed by atoms with van der Waals surface area (Å²) in [5, 5.41) is 3.39. The molecule has 0 aliphatic carbocycles. The number of hydrogen-bond donors (Lipinski definition) is 1. The van der Waals surface area contributed by atoms with Gasteiger partial charge in [0.25, 0.3) is 5.91 Å². The van der Waals surface area contributed by atoms with Crippen LogP contribution in [0.4, 0.5) is 0 Å². The molecule has 2 aromatic rings. The van der Waals surface area contributed by atoms with Crippen molar-refractivity contribution in [2.24, 2.45) is 4.99 Å². The Hall–Kier alpha value is -2.64. The highest BCUT2D eigenvalue weighted by Crippen LogP contribution is 2.24. The zero-order chi connectivity index (χ0) is 20.6. The molecule has 0 saturated heterocycles. The molecule has 0 radical (unpaired) electrons. The number of hydrogen-bond acceptors (Lipinski definition) is 4. The maximum atomic E-state index is 12.7. The van der Waals surface area contributed by atoms with Gasteiger partial charge in [-0.3, -0.25) is 14.5 Å². The van der Waals surface area contributed by atoms with Gasteiger partial charge >= 0.3 is 0 Å².